The monoisotopic (exact) mass is 347 g/mol. The van der Waals surface area contributed by atoms with Crippen LogP contribution in [-0.2, 0) is 0 Å². The highest BCUT2D eigenvalue weighted by molar-refractivity contribution is 6.55. The molecule has 0 fully saturated rings. The highest BCUT2D eigenvalue weighted by Crippen LogP contribution is 2.22. The lowest BCUT2D eigenvalue weighted by molar-refractivity contribution is 0.0686. The number of carbonyl (C=O) groups is 1. The molecule has 0 aliphatic carbocycles. The Bertz CT molecular complexity index is 696. The predicted molar refractivity (Wildman–Crippen MR) is 78.6 cm³/mol. The summed E-state index contributed by atoms with van der Waals surface area (Å²) < 4.78 is 6.37. The minimum absolute atomic E-state index is 0.0423. The van der Waals surface area contributed by atoms with E-state index in [1.807, 2.05) is 0 Å². The van der Waals surface area contributed by atoms with Crippen molar-refractivity contribution >= 4 is 40.8 Å². The van der Waals surface area contributed by atoms with Crippen LogP contribution in [-0.4, -0.2) is 32.4 Å². The van der Waals surface area contributed by atoms with Gasteiger partial charge in [0, 0.05) is 12.3 Å². The number of pyridine rings is 1. The molecular formula is C12H8Cl3N3O3. The van der Waals surface area contributed by atoms with Gasteiger partial charge in [-0.3, -0.25) is 0 Å². The molecule has 0 aliphatic rings. The number of rotatable bonds is 5. The van der Waals surface area contributed by atoms with Crippen LogP contribution >= 0.6 is 34.8 Å². The number of carboxylic acid groups (broad SMARTS) is 1. The van der Waals surface area contributed by atoms with Crippen molar-refractivity contribution in [2.45, 2.75) is 0 Å². The molecule has 9 heteroatoms. The molecule has 2 aromatic rings. The topological polar surface area (TPSA) is 77.2 Å². The molecule has 6 nitrogen and oxygen atoms in total. The van der Waals surface area contributed by atoms with Crippen LogP contribution in [0.1, 0.15) is 10.5 Å². The summed E-state index contributed by atoms with van der Waals surface area (Å²) in [5, 5.41) is 13.5. The van der Waals surface area contributed by atoms with E-state index in [0.29, 0.717) is 0 Å². The van der Waals surface area contributed by atoms with Crippen LogP contribution in [0, 0.1) is 0 Å². The van der Waals surface area contributed by atoms with Gasteiger partial charge < -0.3 is 9.84 Å². The molecule has 0 saturated carbocycles. The fraction of sp³-hybridized carbons (Fsp3) is 0.0833. The van der Waals surface area contributed by atoms with Crippen LogP contribution in [0.25, 0.3) is 5.82 Å². The molecule has 0 radical (unpaired) electrons. The number of halogens is 3. The molecule has 0 atom stereocenters. The molecule has 0 aliphatic heterocycles. The van der Waals surface area contributed by atoms with E-state index in [9.17, 15) is 9.90 Å². The molecule has 110 valence electrons. The summed E-state index contributed by atoms with van der Waals surface area (Å²) in [5.74, 6) is -0.915. The van der Waals surface area contributed by atoms with Gasteiger partial charge in [-0.1, -0.05) is 34.8 Å². The van der Waals surface area contributed by atoms with Crippen molar-refractivity contribution in [1.82, 2.24) is 14.8 Å². The summed E-state index contributed by atoms with van der Waals surface area (Å²) >= 11 is 16.9. The van der Waals surface area contributed by atoms with Gasteiger partial charge in [-0.25, -0.2) is 14.5 Å². The van der Waals surface area contributed by atoms with Gasteiger partial charge in [0.2, 0.25) is 5.88 Å². The van der Waals surface area contributed by atoms with E-state index in [2.05, 4.69) is 10.1 Å². The summed E-state index contributed by atoms with van der Waals surface area (Å²) in [4.78, 5) is 15.3. The van der Waals surface area contributed by atoms with Crippen molar-refractivity contribution in [3.05, 3.63) is 45.7 Å². The van der Waals surface area contributed by atoms with E-state index in [1.54, 1.807) is 12.1 Å². The maximum atomic E-state index is 11.3. The highest BCUT2D eigenvalue weighted by atomic mass is 35.5. The number of aromatic carboxylic acids is 1. The maximum Gasteiger partial charge on any atom is 0.354 e. The van der Waals surface area contributed by atoms with Gasteiger partial charge in [0.05, 0.1) is 5.02 Å². The zero-order chi connectivity index (χ0) is 15.4. The molecule has 21 heavy (non-hydrogen) atoms. The molecule has 0 saturated heterocycles. The molecule has 0 amide bonds. The Morgan fingerprint density at radius 1 is 1.48 bits per heavy atom. The van der Waals surface area contributed by atoms with E-state index >= 15 is 0 Å². The number of ether oxygens (including phenoxy) is 1. The minimum atomic E-state index is -1.19. The molecule has 2 aromatic heterocycles. The van der Waals surface area contributed by atoms with Crippen molar-refractivity contribution in [2.75, 3.05) is 6.61 Å². The fourth-order valence-corrected chi connectivity index (χ4v) is 1.79. The summed E-state index contributed by atoms with van der Waals surface area (Å²) in [5.41, 5.74) is -0.133. The average Bonchev–Trinajstić information content (AvgIpc) is 2.83. The third-order valence-corrected chi connectivity index (χ3v) is 2.92. The first kappa shape index (κ1) is 15.6. The number of aromatic nitrogens is 3. The van der Waals surface area contributed by atoms with Crippen molar-refractivity contribution < 1.29 is 14.6 Å². The van der Waals surface area contributed by atoms with Crippen molar-refractivity contribution in [2.24, 2.45) is 0 Å². The zero-order valence-corrected chi connectivity index (χ0v) is 12.6. The van der Waals surface area contributed by atoms with Crippen molar-refractivity contribution in [3.63, 3.8) is 0 Å². The van der Waals surface area contributed by atoms with Crippen LogP contribution in [0.3, 0.4) is 0 Å². The summed E-state index contributed by atoms with van der Waals surface area (Å²) in [6.07, 6.45) is 2.88. The molecular weight excluding hydrogens is 341 g/mol. The molecule has 2 rings (SSSR count). The smallest absolute Gasteiger partial charge is 0.354 e. The lowest BCUT2D eigenvalue weighted by Crippen LogP contribution is -2.09. The highest BCUT2D eigenvalue weighted by Gasteiger charge is 2.18. The van der Waals surface area contributed by atoms with Gasteiger partial charge in [-0.2, -0.15) is 0 Å². The van der Waals surface area contributed by atoms with Crippen LogP contribution in [0.4, 0.5) is 0 Å². The zero-order valence-electron chi connectivity index (χ0n) is 10.3. The molecule has 0 unspecified atom stereocenters. The average molecular weight is 349 g/mol. The van der Waals surface area contributed by atoms with Gasteiger partial charge >= 0.3 is 5.97 Å². The van der Waals surface area contributed by atoms with E-state index < -0.39 is 5.97 Å². The minimum Gasteiger partial charge on any atom is -0.477 e. The second-order valence-corrected chi connectivity index (χ2v) is 5.11. The SMILES string of the molecule is O=C(O)c1cc(OCC=C(Cl)Cl)nn1-c1ncccc1Cl. The second kappa shape index (κ2) is 6.80. The van der Waals surface area contributed by atoms with Gasteiger partial charge in [0.15, 0.2) is 11.5 Å². The van der Waals surface area contributed by atoms with Gasteiger partial charge in [-0.15, -0.1) is 5.10 Å². The Morgan fingerprint density at radius 3 is 2.86 bits per heavy atom. The first-order valence-corrected chi connectivity index (χ1v) is 6.70. The van der Waals surface area contributed by atoms with Crippen LogP contribution < -0.4 is 4.74 Å². The van der Waals surface area contributed by atoms with Crippen LogP contribution in [0.5, 0.6) is 5.88 Å². The van der Waals surface area contributed by atoms with Gasteiger partial charge in [-0.05, 0) is 18.2 Å². The van der Waals surface area contributed by atoms with E-state index in [4.69, 9.17) is 39.5 Å². The molecule has 0 bridgehead atoms. The summed E-state index contributed by atoms with van der Waals surface area (Å²) in [6, 6.07) is 4.46. The van der Waals surface area contributed by atoms with E-state index in [1.165, 1.54) is 18.3 Å². The Kier molecular flexibility index (Phi) is 5.06. The number of nitrogens with zero attached hydrogens (tertiary/aromatic N) is 3. The first-order chi connectivity index (χ1) is 9.99. The van der Waals surface area contributed by atoms with Crippen LogP contribution in [0.2, 0.25) is 5.02 Å². The lowest BCUT2D eigenvalue weighted by Gasteiger charge is -2.04. The lowest BCUT2D eigenvalue weighted by atomic mass is 10.4. The third-order valence-electron chi connectivity index (χ3n) is 2.31. The first-order valence-electron chi connectivity index (χ1n) is 5.57. The maximum absolute atomic E-state index is 11.3. The van der Waals surface area contributed by atoms with E-state index in [-0.39, 0.29) is 33.5 Å². The van der Waals surface area contributed by atoms with Crippen LogP contribution in [0.15, 0.2) is 35.0 Å². The predicted octanol–water partition coefficient (Wildman–Crippen LogP) is 3.32. The number of hydrogen-bond donors (Lipinski definition) is 1. The summed E-state index contributed by atoms with van der Waals surface area (Å²) in [6.45, 7) is 0.0500. The standard InChI is InChI=1S/C12H8Cl3N3O3/c13-7-2-1-4-16-11(7)18-8(12(19)20)6-10(17-18)21-5-3-9(14)15/h1-4,6H,5H2,(H,19,20). The Labute approximate surface area is 134 Å². The third kappa shape index (κ3) is 3.87. The quantitative estimate of drug-likeness (QED) is 0.897. The van der Waals surface area contributed by atoms with Gasteiger partial charge in [0.25, 0.3) is 0 Å². The number of hydrogen-bond acceptors (Lipinski definition) is 4. The molecule has 1 N–H and O–H groups in total. The van der Waals surface area contributed by atoms with Crippen molar-refractivity contribution in [1.29, 1.82) is 0 Å². The van der Waals surface area contributed by atoms with E-state index in [0.717, 1.165) is 4.68 Å². The molecule has 2 heterocycles. The second-order valence-electron chi connectivity index (χ2n) is 3.70. The Morgan fingerprint density at radius 2 is 2.24 bits per heavy atom. The Balaban J connectivity index is 2.37. The van der Waals surface area contributed by atoms with Crippen molar-refractivity contribution in [3.8, 4) is 11.7 Å². The van der Waals surface area contributed by atoms with Gasteiger partial charge in [0.1, 0.15) is 11.1 Å². The largest absolute Gasteiger partial charge is 0.477 e. The fourth-order valence-electron chi connectivity index (χ4n) is 1.47. The number of carboxylic acids is 1. The molecule has 0 aromatic carbocycles. The normalized spacial score (nSPS) is 10.2. The Hall–Kier alpha value is -1.76. The molecule has 0 spiro atoms. The summed E-state index contributed by atoms with van der Waals surface area (Å²) in [7, 11) is 0.